The minimum atomic E-state index is 0.906. The van der Waals surface area contributed by atoms with E-state index in [9.17, 15) is 0 Å². The molecular weight excluding hydrogens is 574 g/mol. The number of benzene rings is 4. The van der Waals surface area contributed by atoms with Crippen molar-refractivity contribution in [2.24, 2.45) is 0 Å². The Hall–Kier alpha value is -6.46. The second kappa shape index (κ2) is 11.2. The number of hydrogen-bond donors (Lipinski definition) is 0. The molecule has 0 aliphatic rings. The molecule has 0 fully saturated rings. The molecule has 9 aromatic rings. The average Bonchev–Trinajstić information content (AvgIpc) is 3.48. The fourth-order valence-electron chi connectivity index (χ4n) is 6.54. The first-order valence-electron chi connectivity index (χ1n) is 15.6. The highest BCUT2D eigenvalue weighted by Crippen LogP contribution is 2.39. The Bertz CT molecular complexity index is 2390. The molecule has 47 heavy (non-hydrogen) atoms. The van der Waals surface area contributed by atoms with Gasteiger partial charge in [-0.1, -0.05) is 60.7 Å². The molecule has 4 aromatic carbocycles. The van der Waals surface area contributed by atoms with Crippen LogP contribution >= 0.6 is 0 Å². The first-order valence-corrected chi connectivity index (χ1v) is 15.6. The molecule has 0 aliphatic heterocycles. The Kier molecular flexibility index (Phi) is 6.39. The molecule has 0 radical (unpaired) electrons. The maximum absolute atomic E-state index is 4.78. The van der Waals surface area contributed by atoms with Crippen LogP contribution in [0.5, 0.6) is 0 Å². The van der Waals surface area contributed by atoms with Crippen LogP contribution in [0, 0.1) is 0 Å². The fourth-order valence-corrected chi connectivity index (χ4v) is 6.54. The highest BCUT2D eigenvalue weighted by Gasteiger charge is 2.16. The van der Waals surface area contributed by atoms with E-state index in [0.29, 0.717) is 0 Å². The van der Waals surface area contributed by atoms with Gasteiger partial charge in [-0.05, 0) is 83.2 Å². The summed E-state index contributed by atoms with van der Waals surface area (Å²) in [5.41, 5.74) is 11.7. The van der Waals surface area contributed by atoms with Crippen molar-refractivity contribution in [2.45, 2.75) is 0 Å². The van der Waals surface area contributed by atoms with Crippen LogP contribution in [0.2, 0.25) is 0 Å². The van der Waals surface area contributed by atoms with Crippen molar-refractivity contribution in [1.29, 1.82) is 0 Å². The van der Waals surface area contributed by atoms with Crippen molar-refractivity contribution in [1.82, 2.24) is 24.5 Å². The van der Waals surface area contributed by atoms with Gasteiger partial charge in [-0.25, -0.2) is 0 Å². The van der Waals surface area contributed by atoms with Gasteiger partial charge in [0.25, 0.3) is 0 Å². The van der Waals surface area contributed by atoms with Gasteiger partial charge < -0.3 is 4.57 Å². The molecule has 220 valence electrons. The summed E-state index contributed by atoms with van der Waals surface area (Å²) in [6.45, 7) is 0. The van der Waals surface area contributed by atoms with Crippen molar-refractivity contribution < 1.29 is 0 Å². The molecule has 0 atom stereocenters. The molecule has 0 saturated heterocycles. The summed E-state index contributed by atoms with van der Waals surface area (Å²) in [7, 11) is 0. The molecule has 5 aromatic heterocycles. The summed E-state index contributed by atoms with van der Waals surface area (Å²) in [4.78, 5) is 18.1. The number of nitrogens with zero attached hydrogens (tertiary/aromatic N) is 5. The van der Waals surface area contributed by atoms with Crippen molar-refractivity contribution in [3.8, 4) is 50.5 Å². The number of pyridine rings is 4. The van der Waals surface area contributed by atoms with Crippen molar-refractivity contribution in [2.75, 3.05) is 0 Å². The second-order valence-electron chi connectivity index (χ2n) is 11.6. The molecule has 0 amide bonds. The normalized spacial score (nSPS) is 11.4. The number of aromatic nitrogens is 5. The van der Waals surface area contributed by atoms with Crippen LogP contribution in [0.15, 0.2) is 165 Å². The summed E-state index contributed by atoms with van der Waals surface area (Å²) < 4.78 is 2.40. The first-order chi connectivity index (χ1) is 23.3. The molecule has 5 heterocycles. The van der Waals surface area contributed by atoms with Gasteiger partial charge in [0, 0.05) is 75.6 Å². The zero-order valence-electron chi connectivity index (χ0n) is 25.3. The van der Waals surface area contributed by atoms with Crippen LogP contribution < -0.4 is 0 Å². The monoisotopic (exact) mass is 601 g/mol. The average molecular weight is 602 g/mol. The van der Waals surface area contributed by atoms with E-state index in [0.717, 1.165) is 61.5 Å². The molecule has 5 heteroatoms. The van der Waals surface area contributed by atoms with E-state index in [2.05, 4.69) is 118 Å². The SMILES string of the molecule is c1cncc(-c2ccc(-c3ccc4c(c3)c3cc(-c5ccc(-c6cccnc6)nc5)ccc3n4-c3cccc4ccccc34)cn2)c1. The zero-order valence-corrected chi connectivity index (χ0v) is 25.3. The van der Waals surface area contributed by atoms with E-state index >= 15 is 0 Å². The highest BCUT2D eigenvalue weighted by atomic mass is 15.0. The van der Waals surface area contributed by atoms with Crippen LogP contribution in [0.3, 0.4) is 0 Å². The van der Waals surface area contributed by atoms with E-state index in [-0.39, 0.29) is 0 Å². The third kappa shape index (κ3) is 4.73. The summed E-state index contributed by atoms with van der Waals surface area (Å²) in [5.74, 6) is 0. The Balaban J connectivity index is 1.22. The van der Waals surface area contributed by atoms with Gasteiger partial charge in [0.05, 0.1) is 28.1 Å². The summed E-state index contributed by atoms with van der Waals surface area (Å²) >= 11 is 0. The van der Waals surface area contributed by atoms with Gasteiger partial charge in [0.15, 0.2) is 0 Å². The summed E-state index contributed by atoms with van der Waals surface area (Å²) in [5, 5.41) is 4.80. The zero-order chi connectivity index (χ0) is 31.2. The number of rotatable bonds is 5. The van der Waals surface area contributed by atoms with Crippen LogP contribution in [-0.2, 0) is 0 Å². The Morgan fingerprint density at radius 2 is 0.936 bits per heavy atom. The van der Waals surface area contributed by atoms with Crippen molar-refractivity contribution >= 4 is 32.6 Å². The molecule has 9 rings (SSSR count). The van der Waals surface area contributed by atoms with Crippen LogP contribution in [-0.4, -0.2) is 24.5 Å². The lowest BCUT2D eigenvalue weighted by atomic mass is 10.0. The molecule has 0 saturated carbocycles. The summed E-state index contributed by atoms with van der Waals surface area (Å²) in [6, 6.07) is 44.9. The smallest absolute Gasteiger partial charge is 0.0717 e. The van der Waals surface area contributed by atoms with E-state index in [4.69, 9.17) is 9.97 Å². The van der Waals surface area contributed by atoms with E-state index < -0.39 is 0 Å². The minimum Gasteiger partial charge on any atom is -0.309 e. The topological polar surface area (TPSA) is 56.5 Å². The largest absolute Gasteiger partial charge is 0.309 e. The van der Waals surface area contributed by atoms with E-state index in [1.165, 1.54) is 21.5 Å². The lowest BCUT2D eigenvalue weighted by Gasteiger charge is -2.12. The molecule has 0 bridgehead atoms. The van der Waals surface area contributed by atoms with Gasteiger partial charge in [-0.2, -0.15) is 0 Å². The third-order valence-corrected chi connectivity index (χ3v) is 8.88. The maximum Gasteiger partial charge on any atom is 0.0717 e. The standard InChI is InChI=1S/C42H27N5/c1-2-10-35-28(6-1)7-3-11-40(35)47-41-18-14-29(31-12-16-38(45-26-31)33-8-4-20-43-24-33)22-36(41)37-23-30(15-19-42(37)47)32-13-17-39(46-27-32)34-9-5-21-44-25-34/h1-27H. The lowest BCUT2D eigenvalue weighted by Crippen LogP contribution is -1.95. The minimum absolute atomic E-state index is 0.906. The van der Waals surface area contributed by atoms with Gasteiger partial charge in [0.2, 0.25) is 0 Å². The Morgan fingerprint density at radius 1 is 0.383 bits per heavy atom. The van der Waals surface area contributed by atoms with Gasteiger partial charge in [-0.3, -0.25) is 19.9 Å². The maximum atomic E-state index is 4.78. The fraction of sp³-hybridized carbons (Fsp3) is 0. The Labute approximate surface area is 271 Å². The van der Waals surface area contributed by atoms with Gasteiger partial charge >= 0.3 is 0 Å². The number of hydrogen-bond acceptors (Lipinski definition) is 4. The van der Waals surface area contributed by atoms with Crippen LogP contribution in [0.4, 0.5) is 0 Å². The predicted octanol–water partition coefficient (Wildman–Crippen LogP) is 10.2. The highest BCUT2D eigenvalue weighted by molar-refractivity contribution is 6.12. The van der Waals surface area contributed by atoms with Crippen molar-refractivity contribution in [3.05, 3.63) is 165 Å². The molecule has 0 N–H and O–H groups in total. The third-order valence-electron chi connectivity index (χ3n) is 8.88. The quantitative estimate of drug-likeness (QED) is 0.197. The van der Waals surface area contributed by atoms with Crippen LogP contribution in [0.25, 0.3) is 83.0 Å². The van der Waals surface area contributed by atoms with Crippen molar-refractivity contribution in [3.63, 3.8) is 0 Å². The molecule has 0 spiro atoms. The molecule has 0 aliphatic carbocycles. The van der Waals surface area contributed by atoms with E-state index in [1.807, 2.05) is 49.1 Å². The van der Waals surface area contributed by atoms with Gasteiger partial charge in [0.1, 0.15) is 0 Å². The van der Waals surface area contributed by atoms with Crippen LogP contribution in [0.1, 0.15) is 0 Å². The predicted molar refractivity (Wildman–Crippen MR) is 191 cm³/mol. The second-order valence-corrected chi connectivity index (χ2v) is 11.6. The van der Waals surface area contributed by atoms with E-state index in [1.54, 1.807) is 12.4 Å². The summed E-state index contributed by atoms with van der Waals surface area (Å²) in [6.07, 6.45) is 11.1. The molecule has 0 unspecified atom stereocenters. The lowest BCUT2D eigenvalue weighted by molar-refractivity contribution is 1.20. The van der Waals surface area contributed by atoms with Gasteiger partial charge in [-0.15, -0.1) is 0 Å². The molecule has 5 nitrogen and oxygen atoms in total. The Morgan fingerprint density at radius 3 is 1.47 bits per heavy atom. The number of fused-ring (bicyclic) bond motifs is 4. The first kappa shape index (κ1) is 26.9. The molecular formula is C42H27N5.